The number of carbonyl (C=O) groups excluding carboxylic acids is 1. The minimum atomic E-state index is -0.383. The first-order valence-corrected chi connectivity index (χ1v) is 7.48. The van der Waals surface area contributed by atoms with E-state index in [2.05, 4.69) is 22.5 Å². The van der Waals surface area contributed by atoms with Crippen molar-refractivity contribution in [2.24, 2.45) is 5.92 Å². The Labute approximate surface area is 127 Å². The number of nitrogens with one attached hydrogen (secondary N) is 2. The smallest absolute Gasteiger partial charge is 0.319 e. The number of urea groups is 1. The SMILES string of the molecule is CCN(C)c1cccc(NC(=O)NCCC(O)C(C)C)c1. The lowest BCUT2D eigenvalue weighted by molar-refractivity contribution is 0.117. The normalized spacial score (nSPS) is 12.1. The van der Waals surface area contributed by atoms with Gasteiger partial charge in [0.05, 0.1) is 6.10 Å². The number of amides is 2. The van der Waals surface area contributed by atoms with Crippen molar-refractivity contribution in [3.05, 3.63) is 24.3 Å². The van der Waals surface area contributed by atoms with E-state index in [1.165, 1.54) is 0 Å². The van der Waals surface area contributed by atoms with E-state index in [9.17, 15) is 9.90 Å². The summed E-state index contributed by atoms with van der Waals surface area (Å²) in [4.78, 5) is 13.9. The number of carbonyl (C=O) groups is 1. The van der Waals surface area contributed by atoms with Gasteiger partial charge in [-0.15, -0.1) is 0 Å². The molecule has 0 saturated carbocycles. The molecule has 2 amide bonds. The first-order chi connectivity index (χ1) is 9.93. The highest BCUT2D eigenvalue weighted by Crippen LogP contribution is 2.18. The summed E-state index contributed by atoms with van der Waals surface area (Å²) in [6, 6.07) is 7.47. The largest absolute Gasteiger partial charge is 0.393 e. The lowest BCUT2D eigenvalue weighted by Gasteiger charge is -2.18. The molecule has 0 aliphatic rings. The molecular weight excluding hydrogens is 266 g/mol. The van der Waals surface area contributed by atoms with E-state index >= 15 is 0 Å². The lowest BCUT2D eigenvalue weighted by atomic mass is 10.0. The third kappa shape index (κ3) is 6.04. The number of rotatable bonds is 7. The molecule has 0 bridgehead atoms. The predicted molar refractivity (Wildman–Crippen MR) is 87.9 cm³/mol. The second-order valence-electron chi connectivity index (χ2n) is 5.55. The van der Waals surface area contributed by atoms with Gasteiger partial charge in [0.1, 0.15) is 0 Å². The molecule has 0 saturated heterocycles. The Morgan fingerprint density at radius 2 is 2.10 bits per heavy atom. The Morgan fingerprint density at radius 1 is 1.38 bits per heavy atom. The summed E-state index contributed by atoms with van der Waals surface area (Å²) in [5.74, 6) is 0.205. The molecule has 5 heteroatoms. The van der Waals surface area contributed by atoms with E-state index in [1.54, 1.807) is 0 Å². The van der Waals surface area contributed by atoms with Gasteiger partial charge in [0.15, 0.2) is 0 Å². The van der Waals surface area contributed by atoms with Crippen molar-refractivity contribution in [2.45, 2.75) is 33.3 Å². The molecule has 0 radical (unpaired) electrons. The average Bonchev–Trinajstić information content (AvgIpc) is 2.46. The summed E-state index contributed by atoms with van der Waals surface area (Å²) >= 11 is 0. The van der Waals surface area contributed by atoms with Crippen LogP contribution in [0.15, 0.2) is 24.3 Å². The number of nitrogens with zero attached hydrogens (tertiary/aromatic N) is 1. The summed E-state index contributed by atoms with van der Waals surface area (Å²) in [5, 5.41) is 15.2. The molecule has 1 atom stereocenters. The van der Waals surface area contributed by atoms with Gasteiger partial charge in [-0.05, 0) is 37.5 Å². The Bertz CT molecular complexity index is 449. The molecule has 0 aliphatic carbocycles. The number of aliphatic hydroxyl groups is 1. The summed E-state index contributed by atoms with van der Waals surface area (Å²) in [6.07, 6.45) is 0.177. The quantitative estimate of drug-likeness (QED) is 0.724. The van der Waals surface area contributed by atoms with Crippen molar-refractivity contribution in [1.29, 1.82) is 0 Å². The summed E-state index contributed by atoms with van der Waals surface area (Å²) in [7, 11) is 2.01. The van der Waals surface area contributed by atoms with Gasteiger partial charge in [-0.2, -0.15) is 0 Å². The van der Waals surface area contributed by atoms with Crippen LogP contribution in [-0.4, -0.2) is 37.4 Å². The zero-order valence-corrected chi connectivity index (χ0v) is 13.4. The van der Waals surface area contributed by atoms with E-state index in [-0.39, 0.29) is 18.1 Å². The molecule has 118 valence electrons. The van der Waals surface area contributed by atoms with E-state index in [4.69, 9.17) is 0 Å². The number of benzene rings is 1. The third-order valence-corrected chi connectivity index (χ3v) is 3.51. The standard InChI is InChI=1S/C16H27N3O2/c1-5-19(4)14-8-6-7-13(11-14)18-16(21)17-10-9-15(20)12(2)3/h6-8,11-12,15,20H,5,9-10H2,1-4H3,(H2,17,18,21). The second-order valence-corrected chi connectivity index (χ2v) is 5.55. The van der Waals surface area contributed by atoms with Crippen molar-refractivity contribution < 1.29 is 9.90 Å². The molecule has 1 aromatic carbocycles. The van der Waals surface area contributed by atoms with Crippen molar-refractivity contribution in [3.63, 3.8) is 0 Å². The van der Waals surface area contributed by atoms with E-state index < -0.39 is 0 Å². The van der Waals surface area contributed by atoms with Crippen LogP contribution in [-0.2, 0) is 0 Å². The van der Waals surface area contributed by atoms with Gasteiger partial charge in [0.25, 0.3) is 0 Å². The van der Waals surface area contributed by atoms with Crippen LogP contribution in [0.25, 0.3) is 0 Å². The van der Waals surface area contributed by atoms with Crippen molar-refractivity contribution >= 4 is 17.4 Å². The predicted octanol–water partition coefficient (Wildman–Crippen LogP) is 2.67. The van der Waals surface area contributed by atoms with Gasteiger partial charge in [0.2, 0.25) is 0 Å². The highest BCUT2D eigenvalue weighted by atomic mass is 16.3. The molecule has 21 heavy (non-hydrogen) atoms. The summed E-state index contributed by atoms with van der Waals surface area (Å²) in [6.45, 7) is 7.36. The van der Waals surface area contributed by atoms with Gasteiger partial charge < -0.3 is 20.6 Å². The summed E-state index contributed by atoms with van der Waals surface area (Å²) < 4.78 is 0. The van der Waals surface area contributed by atoms with Crippen LogP contribution in [0.3, 0.4) is 0 Å². The molecule has 0 spiro atoms. The molecule has 1 unspecified atom stereocenters. The molecule has 0 heterocycles. The van der Waals surface area contributed by atoms with Crippen LogP contribution in [0.5, 0.6) is 0 Å². The van der Waals surface area contributed by atoms with E-state index in [1.807, 2.05) is 45.2 Å². The zero-order valence-electron chi connectivity index (χ0n) is 13.4. The van der Waals surface area contributed by atoms with Crippen molar-refractivity contribution in [1.82, 2.24) is 5.32 Å². The zero-order chi connectivity index (χ0) is 15.8. The first-order valence-electron chi connectivity index (χ1n) is 7.48. The van der Waals surface area contributed by atoms with Crippen LogP contribution in [0.2, 0.25) is 0 Å². The van der Waals surface area contributed by atoms with Crippen LogP contribution in [0.4, 0.5) is 16.2 Å². The molecule has 0 fully saturated rings. The fraction of sp³-hybridized carbons (Fsp3) is 0.562. The number of anilines is 2. The monoisotopic (exact) mass is 293 g/mol. The van der Waals surface area contributed by atoms with Crippen LogP contribution in [0.1, 0.15) is 27.2 Å². The van der Waals surface area contributed by atoms with Gasteiger partial charge in [-0.3, -0.25) is 0 Å². The summed E-state index contributed by atoms with van der Waals surface area (Å²) in [5.41, 5.74) is 1.82. The molecular formula is C16H27N3O2. The molecule has 0 aromatic heterocycles. The number of aliphatic hydroxyl groups excluding tert-OH is 1. The Hall–Kier alpha value is -1.75. The van der Waals surface area contributed by atoms with Gasteiger partial charge >= 0.3 is 6.03 Å². The minimum absolute atomic E-state index is 0.205. The van der Waals surface area contributed by atoms with Gasteiger partial charge in [0, 0.05) is 31.5 Å². The number of hydrogen-bond donors (Lipinski definition) is 3. The Morgan fingerprint density at radius 3 is 2.71 bits per heavy atom. The van der Waals surface area contributed by atoms with Crippen LogP contribution >= 0.6 is 0 Å². The van der Waals surface area contributed by atoms with Crippen molar-refractivity contribution in [3.8, 4) is 0 Å². The first kappa shape index (κ1) is 17.3. The molecule has 1 aromatic rings. The van der Waals surface area contributed by atoms with E-state index in [0.29, 0.717) is 13.0 Å². The van der Waals surface area contributed by atoms with E-state index in [0.717, 1.165) is 17.9 Å². The fourth-order valence-electron chi connectivity index (χ4n) is 1.85. The maximum absolute atomic E-state index is 11.8. The lowest BCUT2D eigenvalue weighted by Crippen LogP contribution is -2.32. The van der Waals surface area contributed by atoms with Gasteiger partial charge in [-0.1, -0.05) is 19.9 Å². The Kier molecular flexibility index (Phi) is 7.02. The second kappa shape index (κ2) is 8.52. The number of hydrogen-bond acceptors (Lipinski definition) is 3. The maximum Gasteiger partial charge on any atom is 0.319 e. The van der Waals surface area contributed by atoms with Crippen LogP contribution < -0.4 is 15.5 Å². The van der Waals surface area contributed by atoms with Gasteiger partial charge in [-0.25, -0.2) is 4.79 Å². The molecule has 1 rings (SSSR count). The average molecular weight is 293 g/mol. The Balaban J connectivity index is 2.44. The highest BCUT2D eigenvalue weighted by molar-refractivity contribution is 5.89. The molecule has 0 aliphatic heterocycles. The molecule has 3 N–H and O–H groups in total. The molecule has 5 nitrogen and oxygen atoms in total. The van der Waals surface area contributed by atoms with Crippen LogP contribution in [0, 0.1) is 5.92 Å². The highest BCUT2D eigenvalue weighted by Gasteiger charge is 2.09. The maximum atomic E-state index is 11.8. The minimum Gasteiger partial charge on any atom is -0.393 e. The topological polar surface area (TPSA) is 64.6 Å². The van der Waals surface area contributed by atoms with Crippen molar-refractivity contribution in [2.75, 3.05) is 30.4 Å². The third-order valence-electron chi connectivity index (χ3n) is 3.51. The fourth-order valence-corrected chi connectivity index (χ4v) is 1.85.